The minimum atomic E-state index is -0.807. The van der Waals surface area contributed by atoms with Crippen LogP contribution in [-0.2, 0) is 14.3 Å². The number of hydrogen-bond acceptors (Lipinski definition) is 5. The summed E-state index contributed by atoms with van der Waals surface area (Å²) in [6, 6.07) is 14.2. The maximum Gasteiger partial charge on any atom is 0.218 e. The highest BCUT2D eigenvalue weighted by Gasteiger charge is 2.63. The third-order valence-corrected chi connectivity index (χ3v) is 6.81. The second-order valence-corrected chi connectivity index (χ2v) is 8.41. The zero-order chi connectivity index (χ0) is 19.7. The number of carbonyl (C=O) groups is 2. The van der Waals surface area contributed by atoms with Crippen LogP contribution in [0.25, 0.3) is 6.08 Å². The Bertz CT molecular complexity index is 1050. The molecule has 0 amide bonds. The highest BCUT2D eigenvalue weighted by atomic mass is 35.5. The molecule has 0 unspecified atom stereocenters. The van der Waals surface area contributed by atoms with E-state index in [0.29, 0.717) is 17.2 Å². The number of fused-ring (bicyclic) bond motifs is 8. The third-order valence-electron chi connectivity index (χ3n) is 6.55. The Morgan fingerprint density at radius 1 is 1.10 bits per heavy atom. The number of para-hydroxylation sites is 1. The predicted molar refractivity (Wildman–Crippen MR) is 108 cm³/mol. The molecule has 6 heteroatoms. The Labute approximate surface area is 172 Å². The van der Waals surface area contributed by atoms with Gasteiger partial charge in [-0.2, -0.15) is 0 Å². The lowest BCUT2D eigenvalue weighted by Crippen LogP contribution is -2.48. The van der Waals surface area contributed by atoms with Crippen molar-refractivity contribution in [1.82, 2.24) is 0 Å². The van der Waals surface area contributed by atoms with Crippen molar-refractivity contribution in [1.29, 1.82) is 0 Å². The molecule has 4 heterocycles. The van der Waals surface area contributed by atoms with Gasteiger partial charge < -0.3 is 14.4 Å². The summed E-state index contributed by atoms with van der Waals surface area (Å²) in [6.07, 6.45) is 3.03. The Morgan fingerprint density at radius 3 is 2.72 bits per heavy atom. The number of halogens is 1. The minimum Gasteiger partial charge on any atom is -0.353 e. The lowest BCUT2D eigenvalue weighted by atomic mass is 9.77. The normalized spacial score (nSPS) is 34.0. The number of carbonyl (C=O) groups excluding carboxylic acids is 2. The fourth-order valence-corrected chi connectivity index (χ4v) is 5.49. The zero-order valence-corrected chi connectivity index (χ0v) is 16.2. The molecule has 146 valence electrons. The summed E-state index contributed by atoms with van der Waals surface area (Å²) in [5.74, 6) is -0.669. The monoisotopic (exact) mass is 407 g/mol. The number of ketones is 2. The number of hydrogen-bond donors (Lipinski definition) is 0. The highest BCUT2D eigenvalue weighted by Crippen LogP contribution is 2.50. The summed E-state index contributed by atoms with van der Waals surface area (Å²) in [4.78, 5) is 29.0. The molecule has 29 heavy (non-hydrogen) atoms. The summed E-state index contributed by atoms with van der Waals surface area (Å²) < 4.78 is 11.4. The largest absolute Gasteiger partial charge is 0.353 e. The summed E-state index contributed by atoms with van der Waals surface area (Å²) in [5.41, 5.74) is 2.61. The van der Waals surface area contributed by atoms with Crippen molar-refractivity contribution in [2.45, 2.75) is 24.5 Å². The molecule has 2 bridgehead atoms. The molecule has 6 rings (SSSR count). The molecule has 4 aliphatic rings. The molecule has 3 fully saturated rings. The van der Waals surface area contributed by atoms with E-state index in [1.165, 1.54) is 0 Å². The molecule has 5 nitrogen and oxygen atoms in total. The molecule has 6 atom stereocenters. The Balaban J connectivity index is 1.52. The van der Waals surface area contributed by atoms with Gasteiger partial charge in [0.1, 0.15) is 0 Å². The van der Waals surface area contributed by atoms with Crippen LogP contribution >= 0.6 is 11.6 Å². The molecule has 2 aromatic carbocycles. The quantitative estimate of drug-likeness (QED) is 0.714. The third kappa shape index (κ3) is 2.41. The minimum absolute atomic E-state index is 0.0222. The van der Waals surface area contributed by atoms with Crippen molar-refractivity contribution in [2.24, 2.45) is 11.8 Å². The molecule has 0 aliphatic carbocycles. The average Bonchev–Trinajstić information content (AvgIpc) is 3.33. The van der Waals surface area contributed by atoms with Gasteiger partial charge in [-0.1, -0.05) is 42.0 Å². The van der Waals surface area contributed by atoms with E-state index in [0.717, 1.165) is 11.3 Å². The summed E-state index contributed by atoms with van der Waals surface area (Å²) in [6.45, 7) is 0.341. The van der Waals surface area contributed by atoms with Crippen LogP contribution in [-0.4, -0.2) is 42.7 Å². The van der Waals surface area contributed by atoms with Crippen LogP contribution in [0.5, 0.6) is 0 Å². The maximum atomic E-state index is 13.7. The Kier molecular flexibility index (Phi) is 3.76. The summed E-state index contributed by atoms with van der Waals surface area (Å²) in [7, 11) is 0. The highest BCUT2D eigenvalue weighted by molar-refractivity contribution is 6.30. The number of nitrogens with zero attached hydrogens (tertiary/aromatic N) is 1. The van der Waals surface area contributed by atoms with Crippen LogP contribution in [0.4, 0.5) is 5.69 Å². The first-order valence-corrected chi connectivity index (χ1v) is 10.2. The number of Topliss-reactive ketones (excluding diaryl/α,β-unsaturated/α-hetero) is 2. The predicted octanol–water partition coefficient (Wildman–Crippen LogP) is 3.36. The smallest absolute Gasteiger partial charge is 0.218 e. The van der Waals surface area contributed by atoms with Gasteiger partial charge in [0.25, 0.3) is 0 Å². The van der Waals surface area contributed by atoms with Gasteiger partial charge in [0.2, 0.25) is 6.29 Å². The molecule has 3 saturated heterocycles. The number of benzene rings is 2. The number of rotatable bonds is 2. The van der Waals surface area contributed by atoms with E-state index in [9.17, 15) is 9.59 Å². The topological polar surface area (TPSA) is 55.8 Å². The first-order valence-electron chi connectivity index (χ1n) is 9.79. The summed E-state index contributed by atoms with van der Waals surface area (Å²) in [5, 5.41) is 0.582. The van der Waals surface area contributed by atoms with E-state index in [4.69, 9.17) is 21.1 Å². The number of ether oxygens (including phenoxy) is 2. The maximum absolute atomic E-state index is 13.7. The van der Waals surface area contributed by atoms with Gasteiger partial charge in [-0.15, -0.1) is 0 Å². The van der Waals surface area contributed by atoms with Crippen LogP contribution in [0.3, 0.4) is 0 Å². The van der Waals surface area contributed by atoms with E-state index in [1.807, 2.05) is 30.3 Å². The van der Waals surface area contributed by atoms with Gasteiger partial charge in [0.05, 0.1) is 30.7 Å². The van der Waals surface area contributed by atoms with Crippen LogP contribution in [0.2, 0.25) is 5.02 Å². The van der Waals surface area contributed by atoms with Crippen molar-refractivity contribution < 1.29 is 19.1 Å². The SMILES string of the molecule is O=C1[C@H]2OC[C@H](O2)[C@@H]2[C@H]1[C@H]1C=Cc3ccccc3N1[C@@H]2C(=O)c1ccc(Cl)cc1. The first-order chi connectivity index (χ1) is 14.1. The van der Waals surface area contributed by atoms with Gasteiger partial charge >= 0.3 is 0 Å². The second-order valence-electron chi connectivity index (χ2n) is 7.98. The molecule has 0 saturated carbocycles. The molecule has 0 aromatic heterocycles. The lowest BCUT2D eigenvalue weighted by molar-refractivity contribution is -0.163. The van der Waals surface area contributed by atoms with Gasteiger partial charge in [0, 0.05) is 22.2 Å². The van der Waals surface area contributed by atoms with Gasteiger partial charge in [-0.05, 0) is 35.9 Å². The van der Waals surface area contributed by atoms with E-state index >= 15 is 0 Å². The fourth-order valence-electron chi connectivity index (χ4n) is 5.36. The van der Waals surface area contributed by atoms with Crippen LogP contribution < -0.4 is 4.90 Å². The van der Waals surface area contributed by atoms with Crippen molar-refractivity contribution in [3.63, 3.8) is 0 Å². The van der Waals surface area contributed by atoms with Crippen LogP contribution in [0.1, 0.15) is 15.9 Å². The van der Waals surface area contributed by atoms with Crippen molar-refractivity contribution in [3.8, 4) is 0 Å². The van der Waals surface area contributed by atoms with Crippen molar-refractivity contribution >= 4 is 34.9 Å². The fraction of sp³-hybridized carbons (Fsp3) is 0.304. The van der Waals surface area contributed by atoms with E-state index in [2.05, 4.69) is 11.0 Å². The molecule has 0 radical (unpaired) electrons. The van der Waals surface area contributed by atoms with Crippen molar-refractivity contribution in [2.75, 3.05) is 11.5 Å². The van der Waals surface area contributed by atoms with Gasteiger partial charge in [-0.25, -0.2) is 0 Å². The average molecular weight is 408 g/mol. The lowest BCUT2D eigenvalue weighted by Gasteiger charge is -2.35. The number of anilines is 1. The zero-order valence-electron chi connectivity index (χ0n) is 15.4. The van der Waals surface area contributed by atoms with E-state index in [-0.39, 0.29) is 35.5 Å². The van der Waals surface area contributed by atoms with E-state index < -0.39 is 12.3 Å². The van der Waals surface area contributed by atoms with Gasteiger partial charge in [0.15, 0.2) is 11.6 Å². The van der Waals surface area contributed by atoms with Gasteiger partial charge in [-0.3, -0.25) is 9.59 Å². The molecule has 0 spiro atoms. The molecular weight excluding hydrogens is 390 g/mol. The second kappa shape index (κ2) is 6.26. The summed E-state index contributed by atoms with van der Waals surface area (Å²) >= 11 is 6.02. The van der Waals surface area contributed by atoms with Crippen LogP contribution in [0, 0.1) is 11.8 Å². The molecular formula is C23H18ClNO4. The Morgan fingerprint density at radius 2 is 1.90 bits per heavy atom. The first kappa shape index (κ1) is 17.4. The Hall–Kier alpha value is -2.47. The van der Waals surface area contributed by atoms with Crippen molar-refractivity contribution in [3.05, 3.63) is 70.8 Å². The van der Waals surface area contributed by atoms with Crippen LogP contribution in [0.15, 0.2) is 54.6 Å². The van der Waals surface area contributed by atoms with E-state index in [1.54, 1.807) is 24.3 Å². The molecule has 2 aromatic rings. The molecule has 0 N–H and O–H groups in total. The molecule has 4 aliphatic heterocycles. The standard InChI is InChI=1S/C23H18ClNO4/c24-14-8-5-13(6-9-14)21(26)20-19-17-11-28-23(29-17)22(27)18(19)16-10-7-12-3-1-2-4-15(12)25(16)20/h1-10,16-20,23H,11H2/t16-,17+,18-,19-,20+,23+/m1/s1.